The predicted octanol–water partition coefficient (Wildman–Crippen LogP) is 4.43. The maximum Gasteiger partial charge on any atom is 0.259 e. The van der Waals surface area contributed by atoms with Crippen LogP contribution in [-0.2, 0) is 15.1 Å². The van der Waals surface area contributed by atoms with Crippen LogP contribution in [0.25, 0.3) is 0 Å². The number of para-hydroxylation sites is 1. The maximum atomic E-state index is 13.2. The third-order valence-corrected chi connectivity index (χ3v) is 7.06. The Hall–Kier alpha value is -3.32. The van der Waals surface area contributed by atoms with Gasteiger partial charge in [0.2, 0.25) is 5.91 Å². The molecular formula is C26H29Cl2N5O4. The number of hydrogen-bond acceptors (Lipinski definition) is 6. The van der Waals surface area contributed by atoms with E-state index in [0.717, 1.165) is 0 Å². The van der Waals surface area contributed by atoms with Gasteiger partial charge in [-0.25, -0.2) is 0 Å². The number of halogens is 2. The molecule has 2 aliphatic heterocycles. The highest BCUT2D eigenvalue weighted by Gasteiger charge is 2.43. The highest BCUT2D eigenvalue weighted by molar-refractivity contribution is 6.35. The molecule has 2 amide bonds. The molecule has 0 bridgehead atoms. The summed E-state index contributed by atoms with van der Waals surface area (Å²) < 4.78 is 10.9. The Labute approximate surface area is 227 Å². The van der Waals surface area contributed by atoms with Crippen molar-refractivity contribution >= 4 is 47.5 Å². The van der Waals surface area contributed by atoms with Crippen LogP contribution in [0.3, 0.4) is 0 Å². The standard InChI is InChI=1S/C26H28ClN5O4.ClH/c1-15-12-17(10-11-36-15)32-21(33)13-26(2,31-25(32)29)19-8-5-9-20(22(19)27)30-24(34)18-7-4-6-16(14-28)23(18)35-3;/h4-9,15,17H,10-13H2,1-3H3,(H2,29,31)(H,30,34);1H/t15-,17-,26+;/m1./s1. The number of nitrogens with zero attached hydrogens (tertiary/aromatic N) is 2. The second-order valence-corrected chi connectivity index (χ2v) is 9.60. The number of methoxy groups -OCH3 is 1. The van der Waals surface area contributed by atoms with Gasteiger partial charge in [-0.05, 0) is 50.5 Å². The molecule has 4 rings (SSSR count). The summed E-state index contributed by atoms with van der Waals surface area (Å²) >= 11 is 6.74. The van der Waals surface area contributed by atoms with Crippen molar-refractivity contribution in [3.05, 3.63) is 58.1 Å². The van der Waals surface area contributed by atoms with Crippen molar-refractivity contribution in [3.8, 4) is 11.8 Å². The molecule has 37 heavy (non-hydrogen) atoms. The average molecular weight is 546 g/mol. The lowest BCUT2D eigenvalue weighted by Gasteiger charge is -2.45. The lowest BCUT2D eigenvalue weighted by atomic mass is 9.85. The van der Waals surface area contributed by atoms with Gasteiger partial charge in [0.15, 0.2) is 5.96 Å². The minimum absolute atomic E-state index is 0. The summed E-state index contributed by atoms with van der Waals surface area (Å²) in [5, 5.41) is 24.2. The van der Waals surface area contributed by atoms with Crippen LogP contribution in [-0.4, -0.2) is 48.5 Å². The van der Waals surface area contributed by atoms with E-state index in [1.807, 2.05) is 19.9 Å². The predicted molar refractivity (Wildman–Crippen MR) is 142 cm³/mol. The maximum absolute atomic E-state index is 13.2. The summed E-state index contributed by atoms with van der Waals surface area (Å²) in [5.41, 5.74) is 0.407. The number of rotatable bonds is 5. The zero-order valence-corrected chi connectivity index (χ0v) is 22.3. The first-order valence-corrected chi connectivity index (χ1v) is 12.0. The average Bonchev–Trinajstić information content (AvgIpc) is 2.84. The molecule has 2 aliphatic rings. The number of guanidine groups is 1. The first-order chi connectivity index (χ1) is 17.2. The van der Waals surface area contributed by atoms with Crippen LogP contribution in [0.2, 0.25) is 5.02 Å². The van der Waals surface area contributed by atoms with Crippen molar-refractivity contribution in [1.82, 2.24) is 10.2 Å². The summed E-state index contributed by atoms with van der Waals surface area (Å²) in [6, 6.07) is 11.8. The van der Waals surface area contributed by atoms with E-state index in [2.05, 4.69) is 10.6 Å². The molecule has 2 heterocycles. The Morgan fingerprint density at radius 1 is 1.35 bits per heavy atom. The van der Waals surface area contributed by atoms with Crippen molar-refractivity contribution in [2.75, 3.05) is 19.0 Å². The van der Waals surface area contributed by atoms with E-state index in [1.165, 1.54) is 12.0 Å². The van der Waals surface area contributed by atoms with Gasteiger partial charge in [-0.3, -0.25) is 19.9 Å². The van der Waals surface area contributed by atoms with Gasteiger partial charge in [0, 0.05) is 12.6 Å². The molecule has 11 heteroatoms. The third-order valence-electron chi connectivity index (χ3n) is 6.66. The molecule has 3 atom stereocenters. The minimum Gasteiger partial charge on any atom is -0.495 e. The largest absolute Gasteiger partial charge is 0.495 e. The van der Waals surface area contributed by atoms with E-state index in [9.17, 15) is 14.9 Å². The monoisotopic (exact) mass is 545 g/mol. The van der Waals surface area contributed by atoms with Crippen LogP contribution in [0.15, 0.2) is 36.4 Å². The number of nitrogens with one attached hydrogen (secondary N) is 3. The molecule has 2 fully saturated rings. The van der Waals surface area contributed by atoms with Gasteiger partial charge in [0.25, 0.3) is 5.91 Å². The van der Waals surface area contributed by atoms with E-state index >= 15 is 0 Å². The zero-order chi connectivity index (χ0) is 26.0. The van der Waals surface area contributed by atoms with E-state index in [0.29, 0.717) is 30.7 Å². The lowest BCUT2D eigenvalue weighted by Crippen LogP contribution is -2.63. The van der Waals surface area contributed by atoms with Gasteiger partial charge in [-0.1, -0.05) is 29.8 Å². The summed E-state index contributed by atoms with van der Waals surface area (Å²) in [6.07, 6.45) is 1.47. The van der Waals surface area contributed by atoms with Crippen molar-refractivity contribution in [2.45, 2.75) is 50.8 Å². The molecule has 3 N–H and O–H groups in total. The van der Waals surface area contributed by atoms with Crippen molar-refractivity contribution < 1.29 is 19.1 Å². The Morgan fingerprint density at radius 2 is 2.08 bits per heavy atom. The van der Waals surface area contributed by atoms with Crippen LogP contribution in [0.4, 0.5) is 5.69 Å². The number of hydrogen-bond donors (Lipinski definition) is 3. The van der Waals surface area contributed by atoms with Crippen LogP contribution < -0.4 is 15.4 Å². The van der Waals surface area contributed by atoms with E-state index in [1.54, 1.807) is 36.4 Å². The van der Waals surface area contributed by atoms with Crippen LogP contribution in [0, 0.1) is 16.7 Å². The van der Waals surface area contributed by atoms with Gasteiger partial charge >= 0.3 is 0 Å². The zero-order valence-electron chi connectivity index (χ0n) is 20.8. The summed E-state index contributed by atoms with van der Waals surface area (Å²) in [4.78, 5) is 27.8. The minimum atomic E-state index is -0.947. The molecule has 0 radical (unpaired) electrons. The fraction of sp³-hybridized carbons (Fsp3) is 0.385. The van der Waals surface area contributed by atoms with Crippen molar-refractivity contribution in [3.63, 3.8) is 0 Å². The van der Waals surface area contributed by atoms with Gasteiger partial charge in [0.1, 0.15) is 11.8 Å². The molecule has 2 aromatic rings. The third kappa shape index (κ3) is 5.52. The number of carbonyl (C=O) groups excluding carboxylic acids is 2. The van der Waals surface area contributed by atoms with Crippen LogP contribution in [0.1, 0.15) is 54.6 Å². The molecule has 0 saturated carbocycles. The van der Waals surface area contributed by atoms with Crippen LogP contribution >= 0.6 is 24.0 Å². The second-order valence-electron chi connectivity index (χ2n) is 9.23. The molecular weight excluding hydrogens is 517 g/mol. The quantitative estimate of drug-likeness (QED) is 0.509. The number of ether oxygens (including phenoxy) is 2. The fourth-order valence-corrected chi connectivity index (χ4v) is 5.29. The SMILES string of the molecule is COc1c(C#N)cccc1C(=O)Nc1cccc([C@]2(C)CC(=O)N([C@@H]3CCO[C@H](C)C3)C(=N)N2)c1Cl.Cl. The molecule has 2 saturated heterocycles. The molecule has 0 unspecified atom stereocenters. The number of nitriles is 1. The van der Waals surface area contributed by atoms with E-state index in [-0.39, 0.29) is 64.7 Å². The number of amides is 2. The summed E-state index contributed by atoms with van der Waals surface area (Å²) in [5.74, 6) is -0.457. The van der Waals surface area contributed by atoms with E-state index < -0.39 is 11.4 Å². The summed E-state index contributed by atoms with van der Waals surface area (Å²) in [6.45, 7) is 4.33. The normalized spacial score (nSPS) is 23.4. The highest BCUT2D eigenvalue weighted by atomic mass is 35.5. The topological polar surface area (TPSA) is 128 Å². The van der Waals surface area contributed by atoms with Crippen molar-refractivity contribution in [1.29, 1.82) is 10.7 Å². The Balaban J connectivity index is 0.00000380. The van der Waals surface area contributed by atoms with Gasteiger partial charge in [-0.15, -0.1) is 12.4 Å². The van der Waals surface area contributed by atoms with Gasteiger partial charge in [0.05, 0.1) is 47.0 Å². The second kappa shape index (κ2) is 11.4. The first kappa shape index (κ1) is 28.3. The van der Waals surface area contributed by atoms with E-state index in [4.69, 9.17) is 26.5 Å². The lowest BCUT2D eigenvalue weighted by molar-refractivity contribution is -0.134. The molecule has 196 valence electrons. The molecule has 0 aliphatic carbocycles. The Kier molecular flexibility index (Phi) is 8.69. The van der Waals surface area contributed by atoms with Crippen molar-refractivity contribution in [2.24, 2.45) is 0 Å². The number of anilines is 1. The summed E-state index contributed by atoms with van der Waals surface area (Å²) in [7, 11) is 1.40. The smallest absolute Gasteiger partial charge is 0.259 e. The molecule has 0 spiro atoms. The number of carbonyl (C=O) groups is 2. The fourth-order valence-electron chi connectivity index (χ4n) is 4.90. The van der Waals surface area contributed by atoms with Gasteiger partial charge < -0.3 is 20.1 Å². The molecule has 9 nitrogen and oxygen atoms in total. The highest BCUT2D eigenvalue weighted by Crippen LogP contribution is 2.39. The number of benzene rings is 2. The molecule has 2 aromatic carbocycles. The Bertz CT molecular complexity index is 1240. The van der Waals surface area contributed by atoms with Crippen LogP contribution in [0.5, 0.6) is 5.75 Å². The first-order valence-electron chi connectivity index (χ1n) is 11.7. The van der Waals surface area contributed by atoms with Gasteiger partial charge in [-0.2, -0.15) is 5.26 Å². The molecule has 0 aromatic heterocycles. The Morgan fingerprint density at radius 3 is 2.73 bits per heavy atom.